The van der Waals surface area contributed by atoms with Crippen molar-refractivity contribution >= 4 is 17.9 Å². The number of nitrogens with one attached hydrogen (secondary N) is 2. The van der Waals surface area contributed by atoms with Crippen LogP contribution in [0.1, 0.15) is 38.5 Å². The molecule has 1 aliphatic rings. The number of hydrogen-bond acceptors (Lipinski definition) is 4. The molecule has 0 radical (unpaired) electrons. The van der Waals surface area contributed by atoms with Crippen molar-refractivity contribution in [3.05, 3.63) is 0 Å². The van der Waals surface area contributed by atoms with Crippen LogP contribution in [-0.2, 0) is 14.3 Å². The van der Waals surface area contributed by atoms with Gasteiger partial charge in [0, 0.05) is 6.54 Å². The first-order valence-corrected chi connectivity index (χ1v) is 7.16. The van der Waals surface area contributed by atoms with Gasteiger partial charge in [0.1, 0.15) is 6.04 Å². The number of carboxylic acids is 1. The Balaban J connectivity index is 2.16. The lowest BCUT2D eigenvalue weighted by Gasteiger charge is -2.22. The van der Waals surface area contributed by atoms with Gasteiger partial charge in [0.2, 0.25) is 5.91 Å². The van der Waals surface area contributed by atoms with Crippen LogP contribution >= 0.6 is 0 Å². The smallest absolute Gasteiger partial charge is 0.326 e. The van der Waals surface area contributed by atoms with Gasteiger partial charge in [-0.25, -0.2) is 9.59 Å². The minimum Gasteiger partial charge on any atom is -0.480 e. The van der Waals surface area contributed by atoms with Crippen LogP contribution in [0.2, 0.25) is 0 Å². The number of rotatable bonds is 8. The van der Waals surface area contributed by atoms with Crippen molar-refractivity contribution in [3.8, 4) is 0 Å². The fourth-order valence-electron chi connectivity index (χ4n) is 2.23. The Labute approximate surface area is 123 Å². The number of primary amides is 1. The number of carbonyl (C=O) groups excluding carboxylic acids is 2. The Morgan fingerprint density at radius 1 is 1.24 bits per heavy atom. The Morgan fingerprint density at radius 2 is 1.90 bits per heavy atom. The van der Waals surface area contributed by atoms with Gasteiger partial charge in [-0.15, -0.1) is 0 Å². The maximum atomic E-state index is 11.5. The third kappa shape index (κ3) is 7.50. The number of carbonyl (C=O) groups is 3. The second-order valence-corrected chi connectivity index (χ2v) is 5.09. The zero-order chi connectivity index (χ0) is 15.7. The number of amides is 3. The van der Waals surface area contributed by atoms with Crippen LogP contribution in [0, 0.1) is 0 Å². The lowest BCUT2D eigenvalue weighted by molar-refractivity contribution is -0.140. The summed E-state index contributed by atoms with van der Waals surface area (Å²) in [5.41, 5.74) is 4.92. The average molecular weight is 301 g/mol. The van der Waals surface area contributed by atoms with Crippen LogP contribution in [0.4, 0.5) is 4.79 Å². The highest BCUT2D eigenvalue weighted by atomic mass is 16.5. The van der Waals surface area contributed by atoms with E-state index in [4.69, 9.17) is 15.6 Å². The predicted octanol–water partition coefficient (Wildman–Crippen LogP) is -0.0365. The number of urea groups is 1. The van der Waals surface area contributed by atoms with E-state index in [0.717, 1.165) is 12.8 Å². The molecular formula is C13H23N3O5. The van der Waals surface area contributed by atoms with Crippen molar-refractivity contribution in [2.75, 3.05) is 13.2 Å². The predicted molar refractivity (Wildman–Crippen MR) is 74.6 cm³/mol. The zero-order valence-corrected chi connectivity index (χ0v) is 12.0. The van der Waals surface area contributed by atoms with Gasteiger partial charge in [-0.2, -0.15) is 0 Å². The summed E-state index contributed by atoms with van der Waals surface area (Å²) in [6.07, 6.45) is 5.50. The zero-order valence-electron chi connectivity index (χ0n) is 12.0. The van der Waals surface area contributed by atoms with Crippen LogP contribution in [0.5, 0.6) is 0 Å². The summed E-state index contributed by atoms with van der Waals surface area (Å²) in [6, 6.07) is -1.97. The van der Waals surface area contributed by atoms with Crippen molar-refractivity contribution in [1.29, 1.82) is 0 Å². The molecule has 0 aromatic rings. The molecule has 8 heteroatoms. The molecule has 0 bridgehead atoms. The molecule has 21 heavy (non-hydrogen) atoms. The number of hydrogen-bond donors (Lipinski definition) is 4. The molecule has 8 nitrogen and oxygen atoms in total. The third-order valence-electron chi connectivity index (χ3n) is 3.30. The monoisotopic (exact) mass is 301 g/mol. The van der Waals surface area contributed by atoms with E-state index in [1.54, 1.807) is 0 Å². The first kappa shape index (κ1) is 17.2. The maximum Gasteiger partial charge on any atom is 0.326 e. The largest absolute Gasteiger partial charge is 0.480 e. The minimum absolute atomic E-state index is 0.255. The van der Waals surface area contributed by atoms with Crippen molar-refractivity contribution < 1.29 is 24.2 Å². The summed E-state index contributed by atoms with van der Waals surface area (Å²) in [5, 5.41) is 13.5. The highest BCUT2D eigenvalue weighted by Gasteiger charge is 2.21. The molecule has 1 atom stereocenters. The Bertz CT molecular complexity index is 369. The minimum atomic E-state index is -1.32. The first-order valence-electron chi connectivity index (χ1n) is 7.16. The van der Waals surface area contributed by atoms with Crippen molar-refractivity contribution in [1.82, 2.24) is 10.6 Å². The summed E-state index contributed by atoms with van der Waals surface area (Å²) in [6.45, 7) is 0.664. The summed E-state index contributed by atoms with van der Waals surface area (Å²) in [7, 11) is 0. The standard InChI is InChI=1S/C13H23N3O5/c14-11(17)8-10(12(18)19)16-13(20)15-6-7-21-9-4-2-1-3-5-9/h9-10H,1-8H2,(H2,14,17)(H,18,19)(H2,15,16,20)/t10-/m1/s1. The molecule has 5 N–H and O–H groups in total. The molecule has 1 fully saturated rings. The van der Waals surface area contributed by atoms with Crippen LogP contribution in [-0.4, -0.2) is 48.3 Å². The van der Waals surface area contributed by atoms with Gasteiger partial charge in [-0.3, -0.25) is 4.79 Å². The SMILES string of the molecule is NC(=O)C[C@@H](NC(=O)NCCOC1CCCCC1)C(=O)O. The topological polar surface area (TPSA) is 131 Å². The summed E-state index contributed by atoms with van der Waals surface area (Å²) in [4.78, 5) is 33.0. The molecule has 0 saturated heterocycles. The van der Waals surface area contributed by atoms with Crippen molar-refractivity contribution in [2.45, 2.75) is 50.7 Å². The molecule has 1 saturated carbocycles. The van der Waals surface area contributed by atoms with Crippen LogP contribution < -0.4 is 16.4 Å². The Kier molecular flexibility index (Phi) is 7.52. The molecule has 0 aliphatic heterocycles. The summed E-state index contributed by atoms with van der Waals surface area (Å²) in [5.74, 6) is -2.09. The highest BCUT2D eigenvalue weighted by Crippen LogP contribution is 2.19. The molecule has 1 aliphatic carbocycles. The number of nitrogens with two attached hydrogens (primary N) is 1. The van der Waals surface area contributed by atoms with Gasteiger partial charge in [-0.1, -0.05) is 19.3 Å². The molecule has 120 valence electrons. The maximum absolute atomic E-state index is 11.5. The van der Waals surface area contributed by atoms with Gasteiger partial charge >= 0.3 is 12.0 Å². The number of aliphatic carboxylic acids is 1. The van der Waals surface area contributed by atoms with Gasteiger partial charge in [-0.05, 0) is 12.8 Å². The Morgan fingerprint density at radius 3 is 2.48 bits per heavy atom. The van der Waals surface area contributed by atoms with Crippen LogP contribution in [0.15, 0.2) is 0 Å². The molecule has 0 spiro atoms. The second-order valence-electron chi connectivity index (χ2n) is 5.09. The van der Waals surface area contributed by atoms with Crippen LogP contribution in [0.25, 0.3) is 0 Å². The van der Waals surface area contributed by atoms with Crippen molar-refractivity contribution in [3.63, 3.8) is 0 Å². The van der Waals surface area contributed by atoms with Gasteiger partial charge in [0.25, 0.3) is 0 Å². The second kappa shape index (κ2) is 9.17. The normalized spacial score (nSPS) is 17.0. The van der Waals surface area contributed by atoms with E-state index in [-0.39, 0.29) is 12.6 Å². The molecular weight excluding hydrogens is 278 g/mol. The van der Waals surface area contributed by atoms with Crippen molar-refractivity contribution in [2.24, 2.45) is 5.73 Å². The lowest BCUT2D eigenvalue weighted by Crippen LogP contribution is -2.48. The van der Waals surface area contributed by atoms with E-state index in [0.29, 0.717) is 6.61 Å². The van der Waals surface area contributed by atoms with E-state index in [9.17, 15) is 14.4 Å². The summed E-state index contributed by atoms with van der Waals surface area (Å²) < 4.78 is 5.62. The van der Waals surface area contributed by atoms with E-state index < -0.39 is 30.4 Å². The van der Waals surface area contributed by atoms with Gasteiger partial charge < -0.3 is 26.2 Å². The quantitative estimate of drug-likeness (QED) is 0.467. The fourth-order valence-corrected chi connectivity index (χ4v) is 2.23. The van der Waals surface area contributed by atoms with E-state index in [1.165, 1.54) is 19.3 Å². The van der Waals surface area contributed by atoms with E-state index >= 15 is 0 Å². The van der Waals surface area contributed by atoms with E-state index in [2.05, 4.69) is 10.6 Å². The molecule has 0 aromatic heterocycles. The molecule has 0 unspecified atom stereocenters. The van der Waals surface area contributed by atoms with Crippen LogP contribution in [0.3, 0.4) is 0 Å². The van der Waals surface area contributed by atoms with Gasteiger partial charge in [0.15, 0.2) is 0 Å². The molecule has 3 amide bonds. The average Bonchev–Trinajstić information content (AvgIpc) is 2.43. The first-order chi connectivity index (χ1) is 9.99. The molecule has 1 rings (SSSR count). The lowest BCUT2D eigenvalue weighted by atomic mass is 9.98. The Hall–Kier alpha value is -1.83. The summed E-state index contributed by atoms with van der Waals surface area (Å²) >= 11 is 0. The number of ether oxygens (including phenoxy) is 1. The molecule has 0 heterocycles. The number of carboxylic acid groups (broad SMARTS) is 1. The fraction of sp³-hybridized carbons (Fsp3) is 0.769. The highest BCUT2D eigenvalue weighted by molar-refractivity contribution is 5.87. The van der Waals surface area contributed by atoms with E-state index in [1.807, 2.05) is 0 Å². The third-order valence-corrected chi connectivity index (χ3v) is 3.30. The van der Waals surface area contributed by atoms with Gasteiger partial charge in [0.05, 0.1) is 19.1 Å². The molecule has 0 aromatic carbocycles.